The van der Waals surface area contributed by atoms with Gasteiger partial charge in [-0.25, -0.2) is 13.1 Å². The van der Waals surface area contributed by atoms with Crippen molar-refractivity contribution < 1.29 is 8.42 Å². The van der Waals surface area contributed by atoms with Crippen LogP contribution < -0.4 is 10.3 Å². The summed E-state index contributed by atoms with van der Waals surface area (Å²) in [5, 5.41) is 1.79. The van der Waals surface area contributed by atoms with Gasteiger partial charge < -0.3 is 4.98 Å². The van der Waals surface area contributed by atoms with E-state index in [4.69, 9.17) is 11.6 Å². The summed E-state index contributed by atoms with van der Waals surface area (Å²) in [6.07, 6.45) is 1.74. The van der Waals surface area contributed by atoms with Crippen LogP contribution in [0.25, 0.3) is 0 Å². The average molecular weight is 333 g/mol. The lowest BCUT2D eigenvalue weighted by atomic mass is 10.2. The van der Waals surface area contributed by atoms with Crippen molar-refractivity contribution >= 4 is 33.0 Å². The molecule has 1 atom stereocenters. The van der Waals surface area contributed by atoms with E-state index in [-0.39, 0.29) is 16.0 Å². The Kier molecular flexibility index (Phi) is 4.64. The lowest BCUT2D eigenvalue weighted by Gasteiger charge is -2.13. The predicted octanol–water partition coefficient (Wildman–Crippen LogP) is 2.00. The summed E-state index contributed by atoms with van der Waals surface area (Å²) in [6.45, 7) is 1.78. The molecule has 0 saturated heterocycles. The topological polar surface area (TPSA) is 79.0 Å². The van der Waals surface area contributed by atoms with Crippen molar-refractivity contribution in [1.29, 1.82) is 0 Å². The molecule has 1 unspecified atom stereocenters. The second-order valence-corrected chi connectivity index (χ2v) is 7.47. The predicted molar refractivity (Wildman–Crippen MR) is 79.9 cm³/mol. The molecule has 0 aliphatic carbocycles. The zero-order valence-corrected chi connectivity index (χ0v) is 13.0. The number of aromatic nitrogens is 1. The number of rotatable bonds is 5. The first-order valence-electron chi connectivity index (χ1n) is 5.81. The minimum absolute atomic E-state index is 0.0554. The van der Waals surface area contributed by atoms with E-state index in [1.54, 1.807) is 18.3 Å². The van der Waals surface area contributed by atoms with Crippen LogP contribution in [0.15, 0.2) is 39.5 Å². The lowest BCUT2D eigenvalue weighted by Crippen LogP contribution is -2.34. The molecule has 108 valence electrons. The van der Waals surface area contributed by atoms with Gasteiger partial charge in [0.2, 0.25) is 10.0 Å². The van der Waals surface area contributed by atoms with Gasteiger partial charge in [0.15, 0.2) is 0 Å². The fourth-order valence-electron chi connectivity index (χ4n) is 1.70. The Bertz CT molecular complexity index is 738. The summed E-state index contributed by atoms with van der Waals surface area (Å²) >= 11 is 7.21. The molecule has 2 rings (SSSR count). The summed E-state index contributed by atoms with van der Waals surface area (Å²) < 4.78 is 26.8. The number of aromatic amines is 1. The van der Waals surface area contributed by atoms with Crippen LogP contribution in [0.5, 0.6) is 0 Å². The van der Waals surface area contributed by atoms with E-state index in [0.717, 1.165) is 17.1 Å². The molecule has 0 aromatic carbocycles. The molecular formula is C12H13ClN2O3S2. The molecule has 0 fully saturated rings. The van der Waals surface area contributed by atoms with E-state index in [9.17, 15) is 13.2 Å². The van der Waals surface area contributed by atoms with E-state index in [0.29, 0.717) is 6.42 Å². The van der Waals surface area contributed by atoms with E-state index < -0.39 is 15.6 Å². The Balaban J connectivity index is 2.14. The monoisotopic (exact) mass is 332 g/mol. The highest BCUT2D eigenvalue weighted by molar-refractivity contribution is 7.89. The summed E-state index contributed by atoms with van der Waals surface area (Å²) in [4.78, 5) is 14.5. The minimum Gasteiger partial charge on any atom is -0.326 e. The van der Waals surface area contributed by atoms with Crippen LogP contribution in [0.3, 0.4) is 0 Å². The number of pyridine rings is 1. The molecule has 20 heavy (non-hydrogen) atoms. The van der Waals surface area contributed by atoms with Crippen molar-refractivity contribution in [2.24, 2.45) is 0 Å². The van der Waals surface area contributed by atoms with Gasteiger partial charge in [0, 0.05) is 17.1 Å². The number of hydrogen-bond donors (Lipinski definition) is 2. The molecule has 0 aliphatic heterocycles. The van der Waals surface area contributed by atoms with E-state index >= 15 is 0 Å². The largest absolute Gasteiger partial charge is 0.326 e. The smallest absolute Gasteiger partial charge is 0.266 e. The first-order chi connectivity index (χ1) is 9.38. The first-order valence-corrected chi connectivity index (χ1v) is 8.55. The van der Waals surface area contributed by atoms with E-state index in [2.05, 4.69) is 9.71 Å². The van der Waals surface area contributed by atoms with Gasteiger partial charge in [0.1, 0.15) is 5.02 Å². The molecule has 2 aromatic rings. The van der Waals surface area contributed by atoms with Crippen LogP contribution in [-0.4, -0.2) is 19.4 Å². The normalized spacial score (nSPS) is 13.3. The third-order valence-electron chi connectivity index (χ3n) is 2.59. The Morgan fingerprint density at radius 2 is 2.25 bits per heavy atom. The van der Waals surface area contributed by atoms with Crippen molar-refractivity contribution in [3.63, 3.8) is 0 Å². The molecule has 0 spiro atoms. The summed E-state index contributed by atoms with van der Waals surface area (Å²) in [5.74, 6) is 0. The van der Waals surface area contributed by atoms with Crippen LogP contribution >= 0.6 is 22.9 Å². The van der Waals surface area contributed by atoms with Crippen LogP contribution in [0, 0.1) is 0 Å². The first kappa shape index (κ1) is 15.2. The molecule has 0 aliphatic rings. The molecular weight excluding hydrogens is 320 g/mol. The number of thiophene rings is 1. The van der Waals surface area contributed by atoms with Crippen molar-refractivity contribution in [2.75, 3.05) is 0 Å². The minimum atomic E-state index is -3.70. The maximum atomic E-state index is 12.1. The molecule has 0 bridgehead atoms. The van der Waals surface area contributed by atoms with Gasteiger partial charge >= 0.3 is 0 Å². The van der Waals surface area contributed by atoms with Gasteiger partial charge in [-0.3, -0.25) is 4.79 Å². The maximum Gasteiger partial charge on any atom is 0.266 e. The van der Waals surface area contributed by atoms with Crippen molar-refractivity contribution in [2.45, 2.75) is 24.3 Å². The zero-order valence-electron chi connectivity index (χ0n) is 10.6. The van der Waals surface area contributed by atoms with Crippen LogP contribution in [0.1, 0.15) is 11.8 Å². The number of sulfonamides is 1. The zero-order chi connectivity index (χ0) is 14.8. The number of halogens is 1. The molecule has 0 saturated carbocycles. The highest BCUT2D eigenvalue weighted by Crippen LogP contribution is 2.14. The van der Waals surface area contributed by atoms with Gasteiger partial charge in [0.25, 0.3) is 5.56 Å². The maximum absolute atomic E-state index is 12.1. The third kappa shape index (κ3) is 3.69. The summed E-state index contributed by atoms with van der Waals surface area (Å²) in [6, 6.07) is 4.75. The van der Waals surface area contributed by atoms with Gasteiger partial charge in [-0.2, -0.15) is 0 Å². The van der Waals surface area contributed by atoms with Crippen LogP contribution in [-0.2, 0) is 16.4 Å². The van der Waals surface area contributed by atoms with Crippen molar-refractivity contribution in [3.05, 3.63) is 50.0 Å². The average Bonchev–Trinajstić information content (AvgIpc) is 2.84. The van der Waals surface area contributed by atoms with Gasteiger partial charge in [-0.15, -0.1) is 11.3 Å². The number of nitrogens with one attached hydrogen (secondary N) is 2. The molecule has 2 N–H and O–H groups in total. The third-order valence-corrected chi connectivity index (χ3v) is 5.33. The number of H-pyrrole nitrogens is 1. The molecule has 5 nitrogen and oxygen atoms in total. The molecule has 2 heterocycles. The van der Waals surface area contributed by atoms with E-state index in [1.165, 1.54) is 0 Å². The van der Waals surface area contributed by atoms with Gasteiger partial charge in [0.05, 0.1) is 4.90 Å². The number of hydrogen-bond acceptors (Lipinski definition) is 4. The Morgan fingerprint density at radius 3 is 2.85 bits per heavy atom. The second-order valence-electron chi connectivity index (χ2n) is 4.32. The second kappa shape index (κ2) is 6.09. The van der Waals surface area contributed by atoms with E-state index in [1.807, 2.05) is 17.5 Å². The fraction of sp³-hybridized carbons (Fsp3) is 0.250. The highest BCUT2D eigenvalue weighted by Gasteiger charge is 2.19. The lowest BCUT2D eigenvalue weighted by molar-refractivity contribution is 0.560. The van der Waals surface area contributed by atoms with Gasteiger partial charge in [-0.05, 0) is 30.9 Å². The summed E-state index contributed by atoms with van der Waals surface area (Å²) in [7, 11) is -3.70. The Morgan fingerprint density at radius 1 is 1.50 bits per heavy atom. The standard InChI is InChI=1S/C12H13ClN2O3S2/c1-8(5-9-3-2-4-19-9)15-20(17,18)10-6-11(13)12(16)14-7-10/h2-4,6-8,15H,5H2,1H3,(H,14,16). The molecule has 0 radical (unpaired) electrons. The van der Waals surface area contributed by atoms with Crippen LogP contribution in [0.4, 0.5) is 0 Å². The Labute approximate surface area is 125 Å². The fourth-order valence-corrected chi connectivity index (χ4v) is 4.01. The summed E-state index contributed by atoms with van der Waals surface area (Å²) in [5.41, 5.74) is -0.516. The molecule has 0 amide bonds. The van der Waals surface area contributed by atoms with Crippen molar-refractivity contribution in [1.82, 2.24) is 9.71 Å². The van der Waals surface area contributed by atoms with Crippen molar-refractivity contribution in [3.8, 4) is 0 Å². The van der Waals surface area contributed by atoms with Crippen LogP contribution in [0.2, 0.25) is 5.02 Å². The quantitative estimate of drug-likeness (QED) is 0.879. The molecule has 8 heteroatoms. The molecule has 2 aromatic heterocycles. The highest BCUT2D eigenvalue weighted by atomic mass is 35.5. The SMILES string of the molecule is CC(Cc1cccs1)NS(=O)(=O)c1c[nH]c(=O)c(Cl)c1. The Hall–Kier alpha value is -1.15. The van der Waals surface area contributed by atoms with Gasteiger partial charge in [-0.1, -0.05) is 17.7 Å².